The largest absolute Gasteiger partial charge is 0.508 e. The molecule has 5 nitrogen and oxygen atoms in total. The number of benzene rings is 1. The van der Waals surface area contributed by atoms with Crippen LogP contribution in [-0.2, 0) is 17.6 Å². The summed E-state index contributed by atoms with van der Waals surface area (Å²) in [6, 6.07) is 6.90. The zero-order valence-corrected chi connectivity index (χ0v) is 10.3. The molecule has 2 aromatic rings. The summed E-state index contributed by atoms with van der Waals surface area (Å²) in [5, 5.41) is 22.9. The van der Waals surface area contributed by atoms with Gasteiger partial charge in [-0.15, -0.1) is 0 Å². The monoisotopic (exact) mass is 258 g/mol. The molecule has 0 spiro atoms. The fourth-order valence-corrected chi connectivity index (χ4v) is 2.58. The van der Waals surface area contributed by atoms with Gasteiger partial charge in [0.25, 0.3) is 0 Å². The highest BCUT2D eigenvalue weighted by Gasteiger charge is 2.27. The molecule has 1 aromatic carbocycles. The first-order valence-corrected chi connectivity index (χ1v) is 6.23. The fraction of sp³-hybridized carbons (Fsp3) is 0.286. The molecule has 19 heavy (non-hydrogen) atoms. The highest BCUT2D eigenvalue weighted by Crippen LogP contribution is 2.28. The highest BCUT2D eigenvalue weighted by atomic mass is 16.4. The first-order valence-electron chi connectivity index (χ1n) is 6.23. The van der Waals surface area contributed by atoms with Crippen molar-refractivity contribution in [3.8, 4) is 11.4 Å². The summed E-state index contributed by atoms with van der Waals surface area (Å²) in [6.45, 7) is 0. The lowest BCUT2D eigenvalue weighted by molar-refractivity contribution is -0.142. The number of aromatic nitrogens is 2. The summed E-state index contributed by atoms with van der Waals surface area (Å²) >= 11 is 0. The van der Waals surface area contributed by atoms with Crippen LogP contribution in [0.3, 0.4) is 0 Å². The Morgan fingerprint density at radius 3 is 3.00 bits per heavy atom. The van der Waals surface area contributed by atoms with Gasteiger partial charge in [-0.1, -0.05) is 6.07 Å². The van der Waals surface area contributed by atoms with Crippen LogP contribution < -0.4 is 0 Å². The molecular weight excluding hydrogens is 244 g/mol. The standard InChI is InChI=1S/C14H14N2O3/c17-12-3-1-2-11(7-12)16-13-5-4-9(14(18)19)6-10(13)8-15-16/h1-3,7-9,17H,4-6H2,(H,18,19). The van der Waals surface area contributed by atoms with Crippen LogP contribution in [-0.4, -0.2) is 26.0 Å². The van der Waals surface area contributed by atoms with Crippen molar-refractivity contribution in [2.75, 3.05) is 0 Å². The normalized spacial score (nSPS) is 18.0. The summed E-state index contributed by atoms with van der Waals surface area (Å²) < 4.78 is 1.78. The van der Waals surface area contributed by atoms with E-state index in [-0.39, 0.29) is 11.7 Å². The minimum Gasteiger partial charge on any atom is -0.508 e. The highest BCUT2D eigenvalue weighted by molar-refractivity contribution is 5.71. The molecule has 0 saturated heterocycles. The molecule has 1 unspecified atom stereocenters. The van der Waals surface area contributed by atoms with E-state index in [1.54, 1.807) is 29.1 Å². The van der Waals surface area contributed by atoms with Gasteiger partial charge in [-0.2, -0.15) is 5.10 Å². The van der Waals surface area contributed by atoms with Gasteiger partial charge in [0.2, 0.25) is 0 Å². The number of phenols is 1. The van der Waals surface area contributed by atoms with Gasteiger partial charge < -0.3 is 10.2 Å². The molecular formula is C14H14N2O3. The molecule has 0 saturated carbocycles. The third kappa shape index (κ3) is 2.07. The number of phenolic OH excluding ortho intramolecular Hbond substituents is 1. The zero-order chi connectivity index (χ0) is 13.4. The quantitative estimate of drug-likeness (QED) is 0.860. The van der Waals surface area contributed by atoms with Crippen molar-refractivity contribution in [3.05, 3.63) is 41.7 Å². The summed E-state index contributed by atoms with van der Waals surface area (Å²) in [4.78, 5) is 11.0. The van der Waals surface area contributed by atoms with Crippen molar-refractivity contribution >= 4 is 5.97 Å². The van der Waals surface area contributed by atoms with Crippen molar-refractivity contribution in [3.63, 3.8) is 0 Å². The predicted molar refractivity (Wildman–Crippen MR) is 68.4 cm³/mol. The number of rotatable bonds is 2. The zero-order valence-electron chi connectivity index (χ0n) is 10.3. The molecule has 1 aliphatic carbocycles. The molecule has 1 aliphatic rings. The van der Waals surface area contributed by atoms with E-state index in [2.05, 4.69) is 5.10 Å². The maximum Gasteiger partial charge on any atom is 0.306 e. The number of aliphatic carboxylic acids is 1. The number of carboxylic acids is 1. The molecule has 0 fully saturated rings. The van der Waals surface area contributed by atoms with Crippen molar-refractivity contribution in [2.24, 2.45) is 5.92 Å². The van der Waals surface area contributed by atoms with Crippen molar-refractivity contribution in [1.29, 1.82) is 0 Å². The van der Waals surface area contributed by atoms with Crippen LogP contribution in [0, 0.1) is 5.92 Å². The van der Waals surface area contributed by atoms with Gasteiger partial charge in [0.15, 0.2) is 0 Å². The Morgan fingerprint density at radius 2 is 2.26 bits per heavy atom. The minimum absolute atomic E-state index is 0.195. The number of hydrogen-bond acceptors (Lipinski definition) is 3. The molecule has 1 atom stereocenters. The van der Waals surface area contributed by atoms with Crippen LogP contribution in [0.5, 0.6) is 5.75 Å². The van der Waals surface area contributed by atoms with Gasteiger partial charge in [-0.25, -0.2) is 4.68 Å². The van der Waals surface area contributed by atoms with E-state index >= 15 is 0 Å². The van der Waals surface area contributed by atoms with Gasteiger partial charge in [0.05, 0.1) is 17.8 Å². The van der Waals surface area contributed by atoms with Crippen LogP contribution in [0.2, 0.25) is 0 Å². The van der Waals surface area contributed by atoms with Gasteiger partial charge >= 0.3 is 5.97 Å². The molecule has 1 heterocycles. The molecule has 3 rings (SSSR count). The van der Waals surface area contributed by atoms with Crippen molar-refractivity contribution in [2.45, 2.75) is 19.3 Å². The summed E-state index contributed by atoms with van der Waals surface area (Å²) in [5.74, 6) is -0.856. The molecule has 0 radical (unpaired) electrons. The lowest BCUT2D eigenvalue weighted by atomic mass is 9.88. The molecule has 0 aliphatic heterocycles. The van der Waals surface area contributed by atoms with Gasteiger partial charge in [-0.3, -0.25) is 4.79 Å². The molecule has 0 bridgehead atoms. The lowest BCUT2D eigenvalue weighted by Crippen LogP contribution is -2.22. The summed E-state index contributed by atoms with van der Waals surface area (Å²) in [7, 11) is 0. The Morgan fingerprint density at radius 1 is 1.42 bits per heavy atom. The second-order valence-electron chi connectivity index (χ2n) is 4.83. The molecule has 2 N–H and O–H groups in total. The van der Waals surface area contributed by atoms with E-state index in [9.17, 15) is 9.90 Å². The third-order valence-electron chi connectivity index (χ3n) is 3.57. The maximum atomic E-state index is 11.0. The van der Waals surface area contributed by atoms with E-state index in [0.717, 1.165) is 16.9 Å². The Balaban J connectivity index is 1.97. The predicted octanol–water partition coefficient (Wildman–Crippen LogP) is 1.77. The van der Waals surface area contributed by atoms with Crippen LogP contribution in [0.4, 0.5) is 0 Å². The van der Waals surface area contributed by atoms with Crippen LogP contribution in [0.25, 0.3) is 5.69 Å². The van der Waals surface area contributed by atoms with Crippen molar-refractivity contribution < 1.29 is 15.0 Å². The van der Waals surface area contributed by atoms with Gasteiger partial charge in [-0.05, 0) is 37.0 Å². The molecule has 1 aromatic heterocycles. The number of carbonyl (C=O) groups is 1. The molecule has 0 amide bonds. The topological polar surface area (TPSA) is 75.3 Å². The first-order chi connectivity index (χ1) is 9.15. The average Bonchev–Trinajstić information content (AvgIpc) is 2.81. The summed E-state index contributed by atoms with van der Waals surface area (Å²) in [5.41, 5.74) is 2.83. The summed E-state index contributed by atoms with van der Waals surface area (Å²) in [6.07, 6.45) is 3.59. The van der Waals surface area contributed by atoms with Crippen LogP contribution in [0.1, 0.15) is 17.7 Å². The SMILES string of the molecule is O=C(O)C1CCc2c(cnn2-c2cccc(O)c2)C1. The lowest BCUT2D eigenvalue weighted by Gasteiger charge is -2.19. The van der Waals surface area contributed by atoms with Gasteiger partial charge in [0, 0.05) is 11.8 Å². The van der Waals surface area contributed by atoms with E-state index in [1.807, 2.05) is 6.07 Å². The second kappa shape index (κ2) is 4.42. The Labute approximate surface area is 110 Å². The van der Waals surface area contributed by atoms with Crippen molar-refractivity contribution in [1.82, 2.24) is 9.78 Å². The Hall–Kier alpha value is -2.30. The second-order valence-corrected chi connectivity index (χ2v) is 4.83. The number of hydrogen-bond donors (Lipinski definition) is 2. The first kappa shape index (κ1) is 11.8. The van der Waals surface area contributed by atoms with Crippen LogP contribution >= 0.6 is 0 Å². The average molecular weight is 258 g/mol. The molecule has 98 valence electrons. The van der Waals surface area contributed by atoms with Gasteiger partial charge in [0.1, 0.15) is 5.75 Å². The van der Waals surface area contributed by atoms with E-state index < -0.39 is 5.97 Å². The third-order valence-corrected chi connectivity index (χ3v) is 3.57. The van der Waals surface area contributed by atoms with E-state index in [1.165, 1.54) is 0 Å². The van der Waals surface area contributed by atoms with E-state index in [0.29, 0.717) is 19.3 Å². The number of carboxylic acid groups (broad SMARTS) is 1. The Kier molecular flexibility index (Phi) is 2.74. The number of aromatic hydroxyl groups is 1. The minimum atomic E-state index is -0.740. The maximum absolute atomic E-state index is 11.0. The Bertz CT molecular complexity index is 633. The number of fused-ring (bicyclic) bond motifs is 1. The number of nitrogens with zero attached hydrogens (tertiary/aromatic N) is 2. The molecule has 5 heteroatoms. The fourth-order valence-electron chi connectivity index (χ4n) is 2.58. The van der Waals surface area contributed by atoms with Crippen LogP contribution in [0.15, 0.2) is 30.5 Å². The smallest absolute Gasteiger partial charge is 0.306 e. The van der Waals surface area contributed by atoms with E-state index in [4.69, 9.17) is 5.11 Å².